The first-order chi connectivity index (χ1) is 6.22. The molecular weight excluding hydrogens is 169 g/mol. The van der Waals surface area contributed by atoms with Gasteiger partial charge in [0.05, 0.1) is 5.52 Å². The van der Waals surface area contributed by atoms with E-state index in [0.717, 1.165) is 12.1 Å². The van der Waals surface area contributed by atoms with Gasteiger partial charge in [0.25, 0.3) is 0 Å². The van der Waals surface area contributed by atoms with Crippen LogP contribution in [0.15, 0.2) is 18.2 Å². The van der Waals surface area contributed by atoms with Gasteiger partial charge >= 0.3 is 0 Å². The van der Waals surface area contributed by atoms with Crippen LogP contribution in [0.1, 0.15) is 6.92 Å². The van der Waals surface area contributed by atoms with Crippen LogP contribution >= 0.6 is 0 Å². The Labute approximate surface area is 75.0 Å². The van der Waals surface area contributed by atoms with E-state index in [4.69, 9.17) is 5.73 Å². The number of nitrogens with two attached hydrogens (primary N) is 1. The summed E-state index contributed by atoms with van der Waals surface area (Å²) in [6.07, 6.45) is 0. The zero-order chi connectivity index (χ0) is 9.42. The lowest BCUT2D eigenvalue weighted by Gasteiger charge is -1.96. The number of halogens is 1. The Morgan fingerprint density at radius 2 is 2.31 bits per heavy atom. The molecule has 0 bridgehead atoms. The molecule has 1 aromatic heterocycles. The minimum absolute atomic E-state index is 0.283. The molecule has 0 atom stereocenters. The summed E-state index contributed by atoms with van der Waals surface area (Å²) in [7, 11) is 0. The number of hydrogen-bond donors (Lipinski definition) is 1. The van der Waals surface area contributed by atoms with Gasteiger partial charge in [-0.2, -0.15) is 5.10 Å². The van der Waals surface area contributed by atoms with Gasteiger partial charge in [-0.3, -0.25) is 4.68 Å². The van der Waals surface area contributed by atoms with Crippen LogP contribution in [0.3, 0.4) is 0 Å². The number of fused-ring (bicyclic) bond motifs is 1. The van der Waals surface area contributed by atoms with E-state index in [0.29, 0.717) is 11.2 Å². The molecule has 0 radical (unpaired) electrons. The topological polar surface area (TPSA) is 43.8 Å². The zero-order valence-electron chi connectivity index (χ0n) is 7.29. The zero-order valence-corrected chi connectivity index (χ0v) is 7.29. The molecule has 13 heavy (non-hydrogen) atoms. The van der Waals surface area contributed by atoms with Crippen LogP contribution in [0, 0.1) is 5.82 Å². The van der Waals surface area contributed by atoms with E-state index < -0.39 is 0 Å². The SMILES string of the molecule is CCn1nc(N)c2cc(F)ccc21. The quantitative estimate of drug-likeness (QED) is 0.725. The van der Waals surface area contributed by atoms with Gasteiger partial charge in [0.2, 0.25) is 0 Å². The molecule has 0 saturated heterocycles. The molecule has 0 amide bonds. The molecule has 1 heterocycles. The first-order valence-electron chi connectivity index (χ1n) is 4.14. The summed E-state index contributed by atoms with van der Waals surface area (Å²) in [4.78, 5) is 0. The average Bonchev–Trinajstić information content (AvgIpc) is 2.43. The summed E-state index contributed by atoms with van der Waals surface area (Å²) >= 11 is 0. The Morgan fingerprint density at radius 3 is 3.00 bits per heavy atom. The Hall–Kier alpha value is -1.58. The highest BCUT2D eigenvalue weighted by Crippen LogP contribution is 2.21. The van der Waals surface area contributed by atoms with Crippen molar-refractivity contribution in [2.45, 2.75) is 13.5 Å². The normalized spacial score (nSPS) is 10.9. The number of hydrogen-bond acceptors (Lipinski definition) is 2. The molecule has 0 aliphatic heterocycles. The van der Waals surface area contributed by atoms with E-state index in [9.17, 15) is 4.39 Å². The highest BCUT2D eigenvalue weighted by molar-refractivity contribution is 5.89. The summed E-state index contributed by atoms with van der Waals surface area (Å²) in [5.74, 6) is 0.103. The molecule has 2 aromatic rings. The van der Waals surface area contributed by atoms with Crippen LogP contribution in [-0.4, -0.2) is 9.78 Å². The minimum Gasteiger partial charge on any atom is -0.382 e. The fourth-order valence-corrected chi connectivity index (χ4v) is 1.42. The van der Waals surface area contributed by atoms with Gasteiger partial charge < -0.3 is 5.73 Å². The molecule has 0 aliphatic carbocycles. The summed E-state index contributed by atoms with van der Waals surface area (Å²) in [6.45, 7) is 2.70. The lowest BCUT2D eigenvalue weighted by molar-refractivity contribution is 0.629. The second kappa shape index (κ2) is 2.73. The van der Waals surface area contributed by atoms with Crippen molar-refractivity contribution >= 4 is 16.7 Å². The second-order valence-corrected chi connectivity index (χ2v) is 2.86. The fourth-order valence-electron chi connectivity index (χ4n) is 1.42. The van der Waals surface area contributed by atoms with Crippen molar-refractivity contribution in [2.24, 2.45) is 0 Å². The Bertz CT molecular complexity index is 447. The van der Waals surface area contributed by atoms with Crippen molar-refractivity contribution in [3.8, 4) is 0 Å². The van der Waals surface area contributed by atoms with Crippen molar-refractivity contribution in [2.75, 3.05) is 5.73 Å². The van der Waals surface area contributed by atoms with E-state index in [1.54, 1.807) is 10.7 Å². The van der Waals surface area contributed by atoms with Gasteiger partial charge in [-0.25, -0.2) is 4.39 Å². The van der Waals surface area contributed by atoms with Crippen LogP contribution in [0.4, 0.5) is 10.2 Å². The van der Waals surface area contributed by atoms with Gasteiger partial charge in [0.15, 0.2) is 5.82 Å². The lowest BCUT2D eigenvalue weighted by atomic mass is 10.2. The average molecular weight is 179 g/mol. The predicted octanol–water partition coefficient (Wildman–Crippen LogP) is 1.78. The smallest absolute Gasteiger partial charge is 0.153 e. The minimum atomic E-state index is -0.283. The van der Waals surface area contributed by atoms with Crippen LogP contribution in [0.5, 0.6) is 0 Å². The number of aryl methyl sites for hydroxylation is 1. The summed E-state index contributed by atoms with van der Waals surface area (Å²) in [5, 5.41) is 4.76. The van der Waals surface area contributed by atoms with E-state index in [1.165, 1.54) is 12.1 Å². The first-order valence-corrected chi connectivity index (χ1v) is 4.14. The van der Waals surface area contributed by atoms with Crippen molar-refractivity contribution in [1.29, 1.82) is 0 Å². The van der Waals surface area contributed by atoms with Crippen LogP contribution < -0.4 is 5.73 Å². The first kappa shape index (κ1) is 8.04. The maximum atomic E-state index is 12.8. The number of anilines is 1. The molecule has 0 unspecified atom stereocenters. The third kappa shape index (κ3) is 1.14. The van der Waals surface area contributed by atoms with Gasteiger partial charge in [-0.05, 0) is 25.1 Å². The van der Waals surface area contributed by atoms with Gasteiger partial charge in [0, 0.05) is 11.9 Å². The fraction of sp³-hybridized carbons (Fsp3) is 0.222. The van der Waals surface area contributed by atoms with E-state index in [-0.39, 0.29) is 5.82 Å². The molecule has 0 aliphatic rings. The van der Waals surface area contributed by atoms with Crippen LogP contribution in [0.25, 0.3) is 10.9 Å². The van der Waals surface area contributed by atoms with Crippen molar-refractivity contribution in [3.63, 3.8) is 0 Å². The lowest BCUT2D eigenvalue weighted by Crippen LogP contribution is -1.96. The Morgan fingerprint density at radius 1 is 1.54 bits per heavy atom. The molecule has 0 fully saturated rings. The van der Waals surface area contributed by atoms with Crippen LogP contribution in [-0.2, 0) is 6.54 Å². The van der Waals surface area contributed by atoms with E-state index in [2.05, 4.69) is 5.10 Å². The largest absolute Gasteiger partial charge is 0.382 e. The molecule has 1 aromatic carbocycles. The van der Waals surface area contributed by atoms with Crippen LogP contribution in [0.2, 0.25) is 0 Å². The molecule has 2 rings (SSSR count). The van der Waals surface area contributed by atoms with Crippen molar-refractivity contribution in [3.05, 3.63) is 24.0 Å². The second-order valence-electron chi connectivity index (χ2n) is 2.86. The summed E-state index contributed by atoms with van der Waals surface area (Å²) in [5.41, 5.74) is 6.50. The molecule has 0 saturated carbocycles. The van der Waals surface area contributed by atoms with Crippen molar-refractivity contribution in [1.82, 2.24) is 9.78 Å². The monoisotopic (exact) mass is 179 g/mol. The maximum absolute atomic E-state index is 12.8. The van der Waals surface area contributed by atoms with E-state index in [1.807, 2.05) is 6.92 Å². The summed E-state index contributed by atoms with van der Waals surface area (Å²) < 4.78 is 14.6. The van der Waals surface area contributed by atoms with E-state index >= 15 is 0 Å². The maximum Gasteiger partial charge on any atom is 0.153 e. The Kier molecular flexibility index (Phi) is 1.69. The van der Waals surface area contributed by atoms with Gasteiger partial charge in [0.1, 0.15) is 5.82 Å². The third-order valence-electron chi connectivity index (χ3n) is 2.04. The molecule has 68 valence electrons. The number of nitrogens with zero attached hydrogens (tertiary/aromatic N) is 2. The number of benzene rings is 1. The van der Waals surface area contributed by atoms with Crippen molar-refractivity contribution < 1.29 is 4.39 Å². The Balaban J connectivity index is 2.80. The molecule has 4 heteroatoms. The predicted molar refractivity (Wildman–Crippen MR) is 49.8 cm³/mol. The highest BCUT2D eigenvalue weighted by Gasteiger charge is 2.06. The standard InChI is InChI=1S/C9H10FN3/c1-2-13-8-4-3-6(10)5-7(8)9(11)12-13/h3-5H,2H2,1H3,(H2,11,12). The summed E-state index contributed by atoms with van der Waals surface area (Å²) in [6, 6.07) is 4.51. The number of aromatic nitrogens is 2. The number of nitrogen functional groups attached to an aromatic ring is 1. The molecule has 3 nitrogen and oxygen atoms in total. The third-order valence-corrected chi connectivity index (χ3v) is 2.04. The van der Waals surface area contributed by atoms with Gasteiger partial charge in [-0.15, -0.1) is 0 Å². The van der Waals surface area contributed by atoms with Gasteiger partial charge in [-0.1, -0.05) is 0 Å². The molecule has 0 spiro atoms. The molecule has 2 N–H and O–H groups in total. The molecular formula is C9H10FN3. The number of rotatable bonds is 1. The highest BCUT2D eigenvalue weighted by atomic mass is 19.1.